The predicted octanol–water partition coefficient (Wildman–Crippen LogP) is 0.929. The fourth-order valence-corrected chi connectivity index (χ4v) is 2.83. The van der Waals surface area contributed by atoms with Crippen molar-refractivity contribution < 1.29 is 14.3 Å². The molecule has 0 spiro atoms. The second kappa shape index (κ2) is 5.49. The van der Waals surface area contributed by atoms with Crippen LogP contribution in [0, 0.1) is 5.92 Å². The lowest BCUT2D eigenvalue weighted by atomic mass is 9.79. The van der Waals surface area contributed by atoms with Crippen LogP contribution in [0.5, 0.6) is 0 Å². The Labute approximate surface area is 114 Å². The molecule has 2 fully saturated rings. The van der Waals surface area contributed by atoms with E-state index in [2.05, 4.69) is 5.32 Å². The summed E-state index contributed by atoms with van der Waals surface area (Å²) in [5.41, 5.74) is -0.215. The van der Waals surface area contributed by atoms with Crippen LogP contribution in [0.15, 0.2) is 0 Å². The number of hydrogen-bond acceptors (Lipinski definition) is 3. The van der Waals surface area contributed by atoms with E-state index in [-0.39, 0.29) is 35.9 Å². The van der Waals surface area contributed by atoms with Gasteiger partial charge in [-0.3, -0.25) is 9.59 Å². The number of rotatable bonds is 5. The molecule has 0 aromatic carbocycles. The van der Waals surface area contributed by atoms with Crippen LogP contribution in [0.3, 0.4) is 0 Å². The molecule has 1 aliphatic carbocycles. The Morgan fingerprint density at radius 3 is 2.63 bits per heavy atom. The van der Waals surface area contributed by atoms with Crippen molar-refractivity contribution >= 4 is 11.8 Å². The number of piperazine rings is 1. The van der Waals surface area contributed by atoms with E-state index >= 15 is 0 Å². The minimum Gasteiger partial charge on any atom is -0.376 e. The summed E-state index contributed by atoms with van der Waals surface area (Å²) >= 11 is 0. The van der Waals surface area contributed by atoms with Crippen LogP contribution in [0.1, 0.15) is 39.5 Å². The molecule has 108 valence electrons. The summed E-state index contributed by atoms with van der Waals surface area (Å²) in [5, 5.41) is 2.82. The van der Waals surface area contributed by atoms with Crippen LogP contribution >= 0.6 is 0 Å². The van der Waals surface area contributed by atoms with E-state index in [0.717, 1.165) is 25.7 Å². The van der Waals surface area contributed by atoms with Gasteiger partial charge in [-0.05, 0) is 25.2 Å². The van der Waals surface area contributed by atoms with Crippen LogP contribution in [0.25, 0.3) is 0 Å². The molecule has 0 radical (unpaired) electrons. The molecule has 1 N–H and O–H groups in total. The highest BCUT2D eigenvalue weighted by Crippen LogP contribution is 2.36. The van der Waals surface area contributed by atoms with Gasteiger partial charge in [0.05, 0.1) is 18.7 Å². The van der Waals surface area contributed by atoms with Crippen LogP contribution < -0.4 is 5.32 Å². The first-order chi connectivity index (χ1) is 9.01. The predicted molar refractivity (Wildman–Crippen MR) is 71.6 cm³/mol. The molecule has 2 unspecified atom stereocenters. The lowest BCUT2D eigenvalue weighted by molar-refractivity contribution is -0.154. The van der Waals surface area contributed by atoms with E-state index in [9.17, 15) is 9.59 Å². The Morgan fingerprint density at radius 1 is 1.47 bits per heavy atom. The molecule has 5 nitrogen and oxygen atoms in total. The van der Waals surface area contributed by atoms with Crippen LogP contribution in [-0.2, 0) is 14.3 Å². The largest absolute Gasteiger partial charge is 0.376 e. The van der Waals surface area contributed by atoms with E-state index in [1.807, 2.05) is 13.8 Å². The van der Waals surface area contributed by atoms with Gasteiger partial charge in [-0.2, -0.15) is 0 Å². The number of carbonyl (C=O) groups is 2. The second-order valence-electron chi connectivity index (χ2n) is 5.87. The Balaban J connectivity index is 2.07. The van der Waals surface area contributed by atoms with Crippen molar-refractivity contribution in [1.29, 1.82) is 0 Å². The Morgan fingerprint density at radius 2 is 2.16 bits per heavy atom. The first-order valence-electron chi connectivity index (χ1n) is 7.14. The highest BCUT2D eigenvalue weighted by atomic mass is 16.5. The van der Waals surface area contributed by atoms with Gasteiger partial charge in [0.25, 0.3) is 0 Å². The normalized spacial score (nSPS) is 27.7. The van der Waals surface area contributed by atoms with Gasteiger partial charge in [0.1, 0.15) is 6.04 Å². The molecule has 2 rings (SSSR count). The highest BCUT2D eigenvalue weighted by Gasteiger charge is 2.43. The zero-order chi connectivity index (χ0) is 14.0. The molecular weight excluding hydrogens is 244 g/mol. The molecule has 1 saturated heterocycles. The maximum atomic E-state index is 12.5. The summed E-state index contributed by atoms with van der Waals surface area (Å²) in [6, 6.07) is -0.375. The van der Waals surface area contributed by atoms with Crippen LogP contribution in [-0.4, -0.2) is 48.6 Å². The average Bonchev–Trinajstić information content (AvgIpc) is 2.36. The number of nitrogens with zero attached hydrogens (tertiary/aromatic N) is 1. The zero-order valence-corrected chi connectivity index (χ0v) is 12.1. The summed E-state index contributed by atoms with van der Waals surface area (Å²) < 4.78 is 5.56. The molecule has 5 heteroatoms. The Kier molecular flexibility index (Phi) is 4.13. The second-order valence-corrected chi connectivity index (χ2v) is 5.87. The van der Waals surface area contributed by atoms with Gasteiger partial charge in [-0.15, -0.1) is 0 Å². The zero-order valence-electron chi connectivity index (χ0n) is 12.1. The maximum Gasteiger partial charge on any atom is 0.245 e. The standard InChI is InChI=1S/C14H24N2O3/c1-4-10(2)12-13(18)16(8-11(17)15-12)9-14(19-3)6-5-7-14/h10,12H,4-9H2,1-3H3,(H,15,17). The molecule has 19 heavy (non-hydrogen) atoms. The van der Waals surface area contributed by atoms with Gasteiger partial charge < -0.3 is 15.0 Å². The van der Waals surface area contributed by atoms with Crippen molar-refractivity contribution in [3.8, 4) is 0 Å². The first-order valence-corrected chi connectivity index (χ1v) is 7.14. The Hall–Kier alpha value is -1.10. The minimum absolute atomic E-state index is 0.0391. The van der Waals surface area contributed by atoms with E-state index in [1.54, 1.807) is 12.0 Å². The summed E-state index contributed by atoms with van der Waals surface area (Å²) in [7, 11) is 1.69. The number of ether oxygens (including phenoxy) is 1. The van der Waals surface area contributed by atoms with Gasteiger partial charge in [0.15, 0.2) is 0 Å². The summed E-state index contributed by atoms with van der Waals surface area (Å²) in [6.45, 7) is 4.74. The lowest BCUT2D eigenvalue weighted by Crippen LogP contribution is -2.63. The fourth-order valence-electron chi connectivity index (χ4n) is 2.83. The topological polar surface area (TPSA) is 58.6 Å². The van der Waals surface area contributed by atoms with Crippen molar-refractivity contribution in [3.63, 3.8) is 0 Å². The number of methoxy groups -OCH3 is 1. The lowest BCUT2D eigenvalue weighted by Gasteiger charge is -2.45. The molecule has 2 amide bonds. The summed E-state index contributed by atoms with van der Waals surface area (Å²) in [6.07, 6.45) is 3.96. The SMILES string of the molecule is CCC(C)C1NC(=O)CN(CC2(OC)CCC2)C1=O. The van der Waals surface area contributed by atoms with Gasteiger partial charge in [0.2, 0.25) is 11.8 Å². The number of hydrogen-bond donors (Lipinski definition) is 1. The van der Waals surface area contributed by atoms with E-state index in [1.165, 1.54) is 0 Å². The highest BCUT2D eigenvalue weighted by molar-refractivity contribution is 5.95. The molecule has 1 aliphatic heterocycles. The molecule has 0 aromatic heterocycles. The molecule has 0 aromatic rings. The molecular formula is C14H24N2O3. The number of amides is 2. The smallest absolute Gasteiger partial charge is 0.245 e. The van der Waals surface area contributed by atoms with Gasteiger partial charge >= 0.3 is 0 Å². The van der Waals surface area contributed by atoms with Crippen molar-refractivity contribution in [2.75, 3.05) is 20.2 Å². The van der Waals surface area contributed by atoms with Crippen LogP contribution in [0.2, 0.25) is 0 Å². The first kappa shape index (κ1) is 14.3. The number of nitrogens with one attached hydrogen (secondary N) is 1. The van der Waals surface area contributed by atoms with Crippen molar-refractivity contribution in [2.45, 2.75) is 51.2 Å². The summed E-state index contributed by atoms with van der Waals surface area (Å²) in [4.78, 5) is 25.9. The van der Waals surface area contributed by atoms with Gasteiger partial charge in [-0.25, -0.2) is 0 Å². The molecule has 2 aliphatic rings. The van der Waals surface area contributed by atoms with E-state index in [0.29, 0.717) is 6.54 Å². The fraction of sp³-hybridized carbons (Fsp3) is 0.857. The average molecular weight is 268 g/mol. The molecule has 2 atom stereocenters. The quantitative estimate of drug-likeness (QED) is 0.807. The van der Waals surface area contributed by atoms with Crippen molar-refractivity contribution in [3.05, 3.63) is 0 Å². The van der Waals surface area contributed by atoms with E-state index in [4.69, 9.17) is 4.74 Å². The third-order valence-corrected chi connectivity index (χ3v) is 4.62. The third-order valence-electron chi connectivity index (χ3n) is 4.62. The van der Waals surface area contributed by atoms with Gasteiger partial charge in [-0.1, -0.05) is 20.3 Å². The number of carbonyl (C=O) groups excluding carboxylic acids is 2. The third kappa shape index (κ3) is 2.76. The Bertz CT molecular complexity index is 360. The monoisotopic (exact) mass is 268 g/mol. The molecule has 0 bridgehead atoms. The van der Waals surface area contributed by atoms with Crippen molar-refractivity contribution in [2.24, 2.45) is 5.92 Å². The van der Waals surface area contributed by atoms with Crippen LogP contribution in [0.4, 0.5) is 0 Å². The maximum absolute atomic E-state index is 12.5. The van der Waals surface area contributed by atoms with E-state index < -0.39 is 0 Å². The van der Waals surface area contributed by atoms with Gasteiger partial charge in [0, 0.05) is 7.11 Å². The van der Waals surface area contributed by atoms with Crippen molar-refractivity contribution in [1.82, 2.24) is 10.2 Å². The minimum atomic E-state index is -0.375. The summed E-state index contributed by atoms with van der Waals surface area (Å²) in [5.74, 6) is 0.145. The molecule has 1 heterocycles. The molecule has 1 saturated carbocycles.